The quantitative estimate of drug-likeness (QED) is 0.382. The zero-order chi connectivity index (χ0) is 18.4. The van der Waals surface area contributed by atoms with Crippen molar-refractivity contribution in [1.82, 2.24) is 20.1 Å². The number of rotatable bonds is 7. The Morgan fingerprint density at radius 1 is 1.08 bits per heavy atom. The molecule has 9 heteroatoms. The van der Waals surface area contributed by atoms with Crippen molar-refractivity contribution in [2.75, 3.05) is 18.4 Å². The van der Waals surface area contributed by atoms with E-state index in [1.165, 1.54) is 24.3 Å². The fourth-order valence-corrected chi connectivity index (χ4v) is 2.27. The summed E-state index contributed by atoms with van der Waals surface area (Å²) in [5.74, 6) is 0.926. The number of amides is 1. The summed E-state index contributed by atoms with van der Waals surface area (Å²) in [6.45, 7) is 0.779. The van der Waals surface area contributed by atoms with E-state index in [-0.39, 0.29) is 17.2 Å². The zero-order valence-electron chi connectivity index (χ0n) is 13.7. The maximum Gasteiger partial charge on any atom is 0.270 e. The number of carbonyl (C=O) groups is 1. The van der Waals surface area contributed by atoms with Gasteiger partial charge in [-0.1, -0.05) is 6.07 Å². The summed E-state index contributed by atoms with van der Waals surface area (Å²) in [6.07, 6.45) is 3.75. The Labute approximate surface area is 148 Å². The molecule has 26 heavy (non-hydrogen) atoms. The minimum absolute atomic E-state index is 0.117. The van der Waals surface area contributed by atoms with Gasteiger partial charge in [-0.2, -0.15) is 0 Å². The molecule has 0 aliphatic carbocycles. The van der Waals surface area contributed by atoms with Crippen molar-refractivity contribution < 1.29 is 9.72 Å². The van der Waals surface area contributed by atoms with E-state index >= 15 is 0 Å². The van der Waals surface area contributed by atoms with Gasteiger partial charge in [0, 0.05) is 43.2 Å². The third-order valence-corrected chi connectivity index (χ3v) is 3.56. The van der Waals surface area contributed by atoms with Crippen molar-refractivity contribution in [3.8, 4) is 5.82 Å². The first-order chi connectivity index (χ1) is 12.6. The first-order valence-electron chi connectivity index (χ1n) is 7.87. The Kier molecular flexibility index (Phi) is 5.18. The van der Waals surface area contributed by atoms with Gasteiger partial charge in [-0.05, 0) is 30.3 Å². The molecule has 0 radical (unpaired) electrons. The second kappa shape index (κ2) is 7.88. The number of anilines is 1. The molecule has 0 fully saturated rings. The Balaban J connectivity index is 1.47. The first kappa shape index (κ1) is 17.1. The third-order valence-electron chi connectivity index (χ3n) is 3.56. The molecule has 0 saturated heterocycles. The van der Waals surface area contributed by atoms with Crippen LogP contribution in [0.3, 0.4) is 0 Å². The molecule has 2 heterocycles. The Hall–Kier alpha value is -3.75. The SMILES string of the molecule is O=C(NCCNc1ccc(-n2cccc2)nn1)c1cccc([N+](=O)[O-])c1. The molecule has 1 aromatic carbocycles. The van der Waals surface area contributed by atoms with Crippen LogP contribution in [0.1, 0.15) is 10.4 Å². The minimum atomic E-state index is -0.533. The number of nitrogens with zero attached hydrogens (tertiary/aromatic N) is 4. The Bertz CT molecular complexity index is 893. The normalized spacial score (nSPS) is 10.3. The number of carbonyl (C=O) groups excluding carboxylic acids is 1. The number of hydrogen-bond donors (Lipinski definition) is 2. The summed E-state index contributed by atoms with van der Waals surface area (Å²) in [5, 5.41) is 24.7. The minimum Gasteiger partial charge on any atom is -0.367 e. The second-order valence-corrected chi connectivity index (χ2v) is 5.36. The number of non-ortho nitro benzene ring substituents is 1. The summed E-state index contributed by atoms with van der Waals surface area (Å²) in [6, 6.07) is 13.0. The third kappa shape index (κ3) is 4.20. The highest BCUT2D eigenvalue weighted by Gasteiger charge is 2.10. The fourth-order valence-electron chi connectivity index (χ4n) is 2.27. The van der Waals surface area contributed by atoms with Gasteiger partial charge in [0.25, 0.3) is 11.6 Å². The van der Waals surface area contributed by atoms with E-state index in [9.17, 15) is 14.9 Å². The van der Waals surface area contributed by atoms with Gasteiger partial charge in [-0.3, -0.25) is 14.9 Å². The number of nitro benzene ring substituents is 1. The van der Waals surface area contributed by atoms with Crippen LogP contribution in [0, 0.1) is 10.1 Å². The Morgan fingerprint density at radius 2 is 1.88 bits per heavy atom. The van der Waals surface area contributed by atoms with Crippen LogP contribution in [0.25, 0.3) is 5.82 Å². The van der Waals surface area contributed by atoms with Gasteiger partial charge in [-0.15, -0.1) is 10.2 Å². The van der Waals surface area contributed by atoms with Crippen LogP contribution in [0.4, 0.5) is 11.5 Å². The molecular formula is C17H16N6O3. The van der Waals surface area contributed by atoms with Crippen molar-refractivity contribution in [1.29, 1.82) is 0 Å². The van der Waals surface area contributed by atoms with Gasteiger partial charge in [-0.25, -0.2) is 0 Å². The molecular weight excluding hydrogens is 336 g/mol. The summed E-state index contributed by atoms with van der Waals surface area (Å²) in [7, 11) is 0. The molecule has 2 aromatic heterocycles. The number of nitro groups is 1. The monoisotopic (exact) mass is 352 g/mol. The molecule has 132 valence electrons. The lowest BCUT2D eigenvalue weighted by Gasteiger charge is -2.08. The molecule has 1 amide bonds. The van der Waals surface area contributed by atoms with Gasteiger partial charge < -0.3 is 15.2 Å². The molecule has 9 nitrogen and oxygen atoms in total. The number of benzene rings is 1. The molecule has 0 aliphatic heterocycles. The average Bonchev–Trinajstić information content (AvgIpc) is 3.20. The molecule has 0 spiro atoms. The zero-order valence-corrected chi connectivity index (χ0v) is 13.7. The highest BCUT2D eigenvalue weighted by Crippen LogP contribution is 2.12. The van der Waals surface area contributed by atoms with Gasteiger partial charge in [0.15, 0.2) is 5.82 Å². The van der Waals surface area contributed by atoms with Gasteiger partial charge in [0.2, 0.25) is 0 Å². The van der Waals surface area contributed by atoms with Crippen LogP contribution in [0.15, 0.2) is 60.9 Å². The van der Waals surface area contributed by atoms with Gasteiger partial charge >= 0.3 is 0 Å². The molecule has 0 atom stereocenters. The summed E-state index contributed by atoms with van der Waals surface area (Å²) in [4.78, 5) is 22.2. The van der Waals surface area contributed by atoms with Crippen molar-refractivity contribution in [3.05, 3.63) is 76.6 Å². The van der Waals surface area contributed by atoms with E-state index < -0.39 is 4.92 Å². The van der Waals surface area contributed by atoms with E-state index in [0.717, 1.165) is 0 Å². The fraction of sp³-hybridized carbons (Fsp3) is 0.118. The molecule has 2 N–H and O–H groups in total. The largest absolute Gasteiger partial charge is 0.367 e. The average molecular weight is 352 g/mol. The van der Waals surface area contributed by atoms with Gasteiger partial charge in [0.05, 0.1) is 4.92 Å². The predicted molar refractivity (Wildman–Crippen MR) is 95.3 cm³/mol. The topological polar surface area (TPSA) is 115 Å². The predicted octanol–water partition coefficient (Wildman–Crippen LogP) is 2.02. The second-order valence-electron chi connectivity index (χ2n) is 5.36. The highest BCUT2D eigenvalue weighted by atomic mass is 16.6. The van der Waals surface area contributed by atoms with Crippen LogP contribution in [-0.2, 0) is 0 Å². The van der Waals surface area contributed by atoms with E-state index in [4.69, 9.17) is 0 Å². The van der Waals surface area contributed by atoms with Crippen molar-refractivity contribution in [3.63, 3.8) is 0 Å². The van der Waals surface area contributed by atoms with Crippen LogP contribution in [-0.4, -0.2) is 38.7 Å². The summed E-state index contributed by atoms with van der Waals surface area (Å²) in [5.41, 5.74) is 0.129. The Morgan fingerprint density at radius 3 is 2.58 bits per heavy atom. The van der Waals surface area contributed by atoms with Crippen LogP contribution >= 0.6 is 0 Å². The lowest BCUT2D eigenvalue weighted by atomic mass is 10.2. The van der Waals surface area contributed by atoms with Gasteiger partial charge in [0.1, 0.15) is 5.82 Å². The molecule has 0 bridgehead atoms. The molecule has 0 saturated carbocycles. The smallest absolute Gasteiger partial charge is 0.270 e. The lowest BCUT2D eigenvalue weighted by molar-refractivity contribution is -0.384. The molecule has 0 aliphatic rings. The standard InChI is InChI=1S/C17H16N6O3/c24-17(13-4-3-5-14(12-13)23(25)26)19-9-8-18-15-6-7-16(21-20-15)22-10-1-2-11-22/h1-7,10-12H,8-9H2,(H,18,20)(H,19,24). The van der Waals surface area contributed by atoms with Crippen LogP contribution < -0.4 is 10.6 Å². The number of nitrogens with one attached hydrogen (secondary N) is 2. The van der Waals surface area contributed by atoms with Crippen LogP contribution in [0.2, 0.25) is 0 Å². The summed E-state index contributed by atoms with van der Waals surface area (Å²) < 4.78 is 1.84. The molecule has 3 rings (SSSR count). The van der Waals surface area contributed by atoms with E-state index in [1.807, 2.05) is 35.2 Å². The number of hydrogen-bond acceptors (Lipinski definition) is 6. The maximum absolute atomic E-state index is 12.0. The first-order valence-corrected chi connectivity index (χ1v) is 7.87. The maximum atomic E-state index is 12.0. The van der Waals surface area contributed by atoms with E-state index in [1.54, 1.807) is 6.07 Å². The van der Waals surface area contributed by atoms with E-state index in [2.05, 4.69) is 20.8 Å². The van der Waals surface area contributed by atoms with Crippen LogP contribution in [0.5, 0.6) is 0 Å². The van der Waals surface area contributed by atoms with Crippen molar-refractivity contribution >= 4 is 17.4 Å². The molecule has 0 unspecified atom stereocenters. The lowest BCUT2D eigenvalue weighted by Crippen LogP contribution is -2.29. The van der Waals surface area contributed by atoms with Crippen molar-refractivity contribution in [2.24, 2.45) is 0 Å². The number of aromatic nitrogens is 3. The summed E-state index contributed by atoms with van der Waals surface area (Å²) >= 11 is 0. The molecule has 3 aromatic rings. The van der Waals surface area contributed by atoms with E-state index in [0.29, 0.717) is 24.7 Å². The highest BCUT2D eigenvalue weighted by molar-refractivity contribution is 5.94. The van der Waals surface area contributed by atoms with Crippen molar-refractivity contribution in [2.45, 2.75) is 0 Å².